The Morgan fingerprint density at radius 1 is 0.347 bits per heavy atom. The highest BCUT2D eigenvalue weighted by Gasteiger charge is 2.53. The number of anilines is 2. The van der Waals surface area contributed by atoms with Gasteiger partial charge in [-0.1, -0.05) is 263 Å². The molecule has 3 aliphatic rings. The van der Waals surface area contributed by atoms with Gasteiger partial charge in [-0.2, -0.15) is 0 Å². The van der Waals surface area contributed by atoms with Crippen LogP contribution in [-0.2, 0) is 16.2 Å². The van der Waals surface area contributed by atoms with Crippen LogP contribution >= 0.6 is 0 Å². The highest BCUT2D eigenvalue weighted by molar-refractivity contribution is 5.97. The number of rotatable bonds is 8. The normalized spacial score (nSPS) is 16.5. The van der Waals surface area contributed by atoms with Gasteiger partial charge < -0.3 is 4.90 Å². The van der Waals surface area contributed by atoms with Crippen molar-refractivity contribution >= 4 is 11.4 Å². The molecule has 0 saturated heterocycles. The van der Waals surface area contributed by atoms with Crippen LogP contribution in [0.2, 0.25) is 0 Å². The molecule has 13 rings (SSSR count). The lowest BCUT2D eigenvalue weighted by atomic mass is 9.55. The fourth-order valence-corrected chi connectivity index (χ4v) is 12.6. The maximum atomic E-state index is 2.53. The van der Waals surface area contributed by atoms with Gasteiger partial charge in [0.1, 0.15) is 0 Å². The number of hydrogen-bond acceptors (Lipinski definition) is 1. The van der Waals surface area contributed by atoms with Crippen LogP contribution in [0.5, 0.6) is 0 Å². The maximum absolute atomic E-state index is 2.53. The van der Waals surface area contributed by atoms with E-state index in [0.29, 0.717) is 0 Å². The Morgan fingerprint density at radius 3 is 1.42 bits per heavy atom. The van der Waals surface area contributed by atoms with Crippen molar-refractivity contribution in [2.24, 2.45) is 0 Å². The Hall–Kier alpha value is -8.52. The summed E-state index contributed by atoms with van der Waals surface area (Å²) in [7, 11) is 0. The standard InChI is InChI=1S/C71H55N/c1-69(2)64-33-17-19-35-66(64)71(67-36-20-18-34-65(67)69)62-32-16-14-30-59(62)61-48-54(42-43-63(61)71)72(53-44-46-70(3,47-45-53)52-40-38-50(39-41-52)49-22-6-4-7-23-49)68-37-21-15-31-60(68)58-29-13-12-28-57(58)56-27-11-10-26-55(56)51-24-8-5-9-25-51/h4-46,48H,47H2,1-3H3. The number of fused-ring (bicyclic) bond motifs is 9. The highest BCUT2D eigenvalue weighted by atomic mass is 15.1. The summed E-state index contributed by atoms with van der Waals surface area (Å²) >= 11 is 0. The molecule has 0 saturated carbocycles. The van der Waals surface area contributed by atoms with Crippen molar-refractivity contribution in [1.82, 2.24) is 0 Å². The van der Waals surface area contributed by atoms with E-state index in [4.69, 9.17) is 0 Å². The third-order valence-electron chi connectivity index (χ3n) is 16.2. The van der Waals surface area contributed by atoms with Gasteiger partial charge in [0, 0.05) is 27.8 Å². The molecule has 3 aliphatic carbocycles. The molecule has 0 bridgehead atoms. The summed E-state index contributed by atoms with van der Waals surface area (Å²) < 4.78 is 0. The lowest BCUT2D eigenvalue weighted by molar-refractivity contribution is 0.563. The number of nitrogens with zero attached hydrogens (tertiary/aromatic N) is 1. The summed E-state index contributed by atoms with van der Waals surface area (Å²) in [5.74, 6) is 0. The fraction of sp³-hybridized carbons (Fsp3) is 0.0986. The summed E-state index contributed by atoms with van der Waals surface area (Å²) in [4.78, 5) is 2.53. The summed E-state index contributed by atoms with van der Waals surface area (Å²) in [6.45, 7) is 7.17. The molecule has 1 atom stereocenters. The van der Waals surface area contributed by atoms with E-state index in [-0.39, 0.29) is 10.8 Å². The van der Waals surface area contributed by atoms with E-state index >= 15 is 0 Å². The average molecular weight is 922 g/mol. The molecule has 10 aromatic rings. The molecule has 0 aliphatic heterocycles. The van der Waals surface area contributed by atoms with Gasteiger partial charge in [-0.3, -0.25) is 0 Å². The van der Waals surface area contributed by atoms with Crippen LogP contribution in [0.4, 0.5) is 11.4 Å². The SMILES string of the molecule is CC1(c2ccc(-c3ccccc3)cc2)C=CC(N(c2ccc3c(c2)-c2ccccc2C32c3ccccc3C(C)(C)c3ccccc32)c2ccccc2-c2ccccc2-c2ccccc2-c2ccccc2)=CC1. The Labute approximate surface area is 424 Å². The van der Waals surface area contributed by atoms with Crippen molar-refractivity contribution in [2.75, 3.05) is 4.90 Å². The quantitative estimate of drug-likeness (QED) is 0.147. The van der Waals surface area contributed by atoms with E-state index in [2.05, 4.69) is 293 Å². The molecule has 344 valence electrons. The Balaban J connectivity index is 0.999. The zero-order chi connectivity index (χ0) is 48.4. The summed E-state index contributed by atoms with van der Waals surface area (Å²) in [5, 5.41) is 0. The van der Waals surface area contributed by atoms with Crippen molar-refractivity contribution < 1.29 is 0 Å². The second-order valence-corrected chi connectivity index (χ2v) is 20.6. The minimum absolute atomic E-state index is 0.160. The monoisotopic (exact) mass is 921 g/mol. The second kappa shape index (κ2) is 17.1. The van der Waals surface area contributed by atoms with Gasteiger partial charge in [0.25, 0.3) is 0 Å². The average Bonchev–Trinajstić information content (AvgIpc) is 3.75. The Kier molecular flexibility index (Phi) is 10.3. The van der Waals surface area contributed by atoms with Crippen molar-refractivity contribution in [3.05, 3.63) is 312 Å². The van der Waals surface area contributed by atoms with Crippen LogP contribution in [-0.4, -0.2) is 0 Å². The van der Waals surface area contributed by atoms with Crippen molar-refractivity contribution in [3.63, 3.8) is 0 Å². The van der Waals surface area contributed by atoms with Gasteiger partial charge in [-0.15, -0.1) is 0 Å². The first kappa shape index (κ1) is 43.5. The number of para-hydroxylation sites is 1. The minimum atomic E-state index is -0.469. The maximum Gasteiger partial charge on any atom is 0.0719 e. The van der Waals surface area contributed by atoms with Gasteiger partial charge in [0.15, 0.2) is 0 Å². The van der Waals surface area contributed by atoms with Crippen LogP contribution in [0.25, 0.3) is 55.6 Å². The topological polar surface area (TPSA) is 3.24 Å². The highest BCUT2D eigenvalue weighted by Crippen LogP contribution is 2.62. The molecule has 10 aromatic carbocycles. The molecule has 0 heterocycles. The lowest BCUT2D eigenvalue weighted by Gasteiger charge is -2.46. The van der Waals surface area contributed by atoms with E-state index in [1.165, 1.54) is 94.6 Å². The van der Waals surface area contributed by atoms with E-state index in [0.717, 1.165) is 23.5 Å². The van der Waals surface area contributed by atoms with E-state index < -0.39 is 5.41 Å². The van der Waals surface area contributed by atoms with Crippen LogP contribution < -0.4 is 4.90 Å². The van der Waals surface area contributed by atoms with E-state index in [1.807, 2.05) is 0 Å². The largest absolute Gasteiger partial charge is 0.310 e. The minimum Gasteiger partial charge on any atom is -0.310 e. The summed E-state index contributed by atoms with van der Waals surface area (Å²) in [6, 6.07) is 92.4. The van der Waals surface area contributed by atoms with Crippen molar-refractivity contribution in [1.29, 1.82) is 0 Å². The molecule has 0 amide bonds. The van der Waals surface area contributed by atoms with Gasteiger partial charge in [-0.25, -0.2) is 0 Å². The molecule has 1 nitrogen and oxygen atoms in total. The molecule has 1 spiro atoms. The molecule has 0 N–H and O–H groups in total. The van der Waals surface area contributed by atoms with Crippen LogP contribution in [0.1, 0.15) is 66.1 Å². The molecule has 72 heavy (non-hydrogen) atoms. The van der Waals surface area contributed by atoms with Crippen LogP contribution in [0.3, 0.4) is 0 Å². The first-order valence-corrected chi connectivity index (χ1v) is 25.5. The van der Waals surface area contributed by atoms with E-state index in [9.17, 15) is 0 Å². The molecule has 0 aromatic heterocycles. The lowest BCUT2D eigenvalue weighted by Crippen LogP contribution is -2.40. The van der Waals surface area contributed by atoms with Crippen LogP contribution in [0.15, 0.2) is 273 Å². The van der Waals surface area contributed by atoms with E-state index in [1.54, 1.807) is 0 Å². The third kappa shape index (κ3) is 6.75. The number of hydrogen-bond donors (Lipinski definition) is 0. The molecular formula is C71H55N. The van der Waals surface area contributed by atoms with Gasteiger partial charge in [0.2, 0.25) is 0 Å². The first-order valence-electron chi connectivity index (χ1n) is 25.5. The smallest absolute Gasteiger partial charge is 0.0719 e. The Bertz CT molecular complexity index is 3710. The predicted octanol–water partition coefficient (Wildman–Crippen LogP) is 18.3. The van der Waals surface area contributed by atoms with Gasteiger partial charge >= 0.3 is 0 Å². The number of benzene rings is 10. The predicted molar refractivity (Wildman–Crippen MR) is 302 cm³/mol. The fourth-order valence-electron chi connectivity index (χ4n) is 12.6. The Morgan fingerprint density at radius 2 is 0.806 bits per heavy atom. The molecule has 1 unspecified atom stereocenters. The first-order chi connectivity index (χ1) is 35.3. The zero-order valence-corrected chi connectivity index (χ0v) is 41.1. The van der Waals surface area contributed by atoms with Crippen molar-refractivity contribution in [3.8, 4) is 55.6 Å². The summed E-state index contributed by atoms with van der Waals surface area (Å²) in [6.07, 6.45) is 8.13. The molecule has 1 heteroatoms. The summed E-state index contributed by atoms with van der Waals surface area (Å²) in [5.41, 5.74) is 24.3. The molecule has 0 fully saturated rings. The van der Waals surface area contributed by atoms with Gasteiger partial charge in [0.05, 0.1) is 11.1 Å². The van der Waals surface area contributed by atoms with Gasteiger partial charge in [-0.05, 0) is 120 Å². The zero-order valence-electron chi connectivity index (χ0n) is 41.1. The van der Waals surface area contributed by atoms with Crippen LogP contribution in [0, 0.1) is 0 Å². The number of allylic oxidation sites excluding steroid dienone is 3. The molecule has 0 radical (unpaired) electrons. The third-order valence-corrected chi connectivity index (χ3v) is 16.2. The molecular weight excluding hydrogens is 867 g/mol. The second-order valence-electron chi connectivity index (χ2n) is 20.6. The van der Waals surface area contributed by atoms with Crippen molar-refractivity contribution in [2.45, 2.75) is 43.4 Å².